The Balaban J connectivity index is 1.63. The molecule has 3 fully saturated rings. The van der Waals surface area contributed by atoms with Gasteiger partial charge in [0.25, 0.3) is 0 Å². The van der Waals surface area contributed by atoms with Gasteiger partial charge in [0.1, 0.15) is 6.10 Å². The van der Waals surface area contributed by atoms with Crippen molar-refractivity contribution in [2.24, 2.45) is 11.8 Å². The first-order chi connectivity index (χ1) is 15.6. The van der Waals surface area contributed by atoms with Crippen molar-refractivity contribution >= 4 is 39.7 Å². The summed E-state index contributed by atoms with van der Waals surface area (Å²) >= 11 is 1.26. The lowest BCUT2D eigenvalue weighted by molar-refractivity contribution is -0.159. The first-order valence-corrected chi connectivity index (χ1v) is 12.8. The van der Waals surface area contributed by atoms with Gasteiger partial charge < -0.3 is 14.4 Å². The Morgan fingerprint density at radius 1 is 1.15 bits per heavy atom. The molecule has 0 aliphatic carbocycles. The second-order valence-electron chi connectivity index (χ2n) is 9.44. The van der Waals surface area contributed by atoms with Gasteiger partial charge in [-0.2, -0.15) is 17.2 Å². The van der Waals surface area contributed by atoms with E-state index in [9.17, 15) is 31.6 Å². The van der Waals surface area contributed by atoms with Crippen LogP contribution in [0.25, 0.3) is 0 Å². The molecule has 34 heavy (non-hydrogen) atoms. The predicted octanol–water partition coefficient (Wildman–Crippen LogP) is 1.98. The smallest absolute Gasteiger partial charge is 0.402 e. The maximum Gasteiger partial charge on any atom is 0.402 e. The molecule has 1 aromatic rings. The average Bonchev–Trinajstić information content (AvgIpc) is 3.34. The van der Waals surface area contributed by atoms with Crippen molar-refractivity contribution < 1.29 is 45.6 Å². The standard InChI is InChI=1S/C21H23F2NO8S2/c1-20(2,3)24-13-14(32-18(26)10-7-5-4-6-8-10)16-12(11(17(24)25)15(13)33-16)19(27)31-9-21(22,23)34(28,29)30/h4-8,11-16H,9H2,1-3H3,(H,28,29,30). The van der Waals surface area contributed by atoms with Crippen LogP contribution >= 0.6 is 11.8 Å². The molecule has 0 spiro atoms. The molecule has 1 aromatic carbocycles. The molecule has 3 aliphatic heterocycles. The van der Waals surface area contributed by atoms with Gasteiger partial charge in [-0.3, -0.25) is 14.1 Å². The molecular weight excluding hydrogens is 496 g/mol. The molecule has 6 atom stereocenters. The van der Waals surface area contributed by atoms with Crippen LogP contribution in [-0.2, 0) is 29.2 Å². The van der Waals surface area contributed by atoms with Gasteiger partial charge in [0.05, 0.1) is 28.7 Å². The highest BCUT2D eigenvalue weighted by Gasteiger charge is 2.73. The van der Waals surface area contributed by atoms with Crippen molar-refractivity contribution in [1.82, 2.24) is 4.90 Å². The fourth-order valence-electron chi connectivity index (χ4n) is 4.90. The number of amides is 1. The molecule has 4 rings (SSSR count). The minimum absolute atomic E-state index is 0.269. The van der Waals surface area contributed by atoms with Crippen LogP contribution in [0.5, 0.6) is 0 Å². The van der Waals surface area contributed by atoms with Crippen molar-refractivity contribution in [2.75, 3.05) is 6.61 Å². The molecule has 9 nitrogen and oxygen atoms in total. The molecule has 3 saturated heterocycles. The van der Waals surface area contributed by atoms with Crippen LogP contribution < -0.4 is 0 Å². The Morgan fingerprint density at radius 3 is 2.32 bits per heavy atom. The third-order valence-corrected chi connectivity index (χ3v) is 8.87. The Bertz CT molecular complexity index is 1120. The maximum absolute atomic E-state index is 13.6. The van der Waals surface area contributed by atoms with E-state index in [0.717, 1.165) is 0 Å². The van der Waals surface area contributed by atoms with E-state index < -0.39 is 73.9 Å². The molecular formula is C21H23F2NO8S2. The van der Waals surface area contributed by atoms with Crippen molar-refractivity contribution in [2.45, 2.75) is 54.2 Å². The number of fused-ring (bicyclic) bond motifs is 1. The summed E-state index contributed by atoms with van der Waals surface area (Å²) in [5.74, 6) is -4.38. The number of nitrogens with zero attached hydrogens (tertiary/aromatic N) is 1. The number of likely N-dealkylation sites (tertiary alicyclic amines) is 1. The number of halogens is 2. The van der Waals surface area contributed by atoms with Crippen LogP contribution in [0, 0.1) is 11.8 Å². The Labute approximate surface area is 198 Å². The van der Waals surface area contributed by atoms with Crippen LogP contribution in [0.2, 0.25) is 0 Å². The second kappa shape index (κ2) is 8.16. The Hall–Kier alpha value is -2.25. The summed E-state index contributed by atoms with van der Waals surface area (Å²) in [7, 11) is -5.80. The van der Waals surface area contributed by atoms with E-state index >= 15 is 0 Å². The number of ether oxygens (including phenoxy) is 2. The van der Waals surface area contributed by atoms with E-state index in [1.807, 2.05) is 0 Å². The summed E-state index contributed by atoms with van der Waals surface area (Å²) < 4.78 is 67.9. The van der Waals surface area contributed by atoms with Gasteiger partial charge >= 0.3 is 27.3 Å². The normalized spacial score (nSPS) is 30.5. The first kappa shape index (κ1) is 24.9. The molecule has 6 unspecified atom stereocenters. The highest BCUT2D eigenvalue weighted by atomic mass is 32.2. The summed E-state index contributed by atoms with van der Waals surface area (Å²) in [6.45, 7) is 3.49. The van der Waals surface area contributed by atoms with Crippen molar-refractivity contribution in [3.8, 4) is 0 Å². The number of carbonyl (C=O) groups excluding carboxylic acids is 3. The number of esters is 2. The van der Waals surface area contributed by atoms with Crippen molar-refractivity contribution in [3.63, 3.8) is 0 Å². The number of alkyl halides is 2. The number of rotatable bonds is 6. The SMILES string of the molecule is CC(C)(C)N1C(=O)C2C3SC(C(OC(=O)c4ccccc4)C31)C2C(=O)OCC(F)(F)S(=O)(=O)O. The Kier molecular flexibility index (Phi) is 5.97. The minimum Gasteiger partial charge on any atom is -0.458 e. The van der Waals surface area contributed by atoms with Crippen LogP contribution in [0.1, 0.15) is 31.1 Å². The van der Waals surface area contributed by atoms with Crippen LogP contribution in [0.3, 0.4) is 0 Å². The molecule has 3 aliphatic rings. The zero-order chi connectivity index (χ0) is 25.2. The molecule has 0 aromatic heterocycles. The molecule has 1 amide bonds. The third kappa shape index (κ3) is 3.97. The van der Waals surface area contributed by atoms with Crippen molar-refractivity contribution in [3.05, 3.63) is 35.9 Å². The summed E-state index contributed by atoms with van der Waals surface area (Å²) in [5.41, 5.74) is -0.413. The molecule has 3 heterocycles. The summed E-state index contributed by atoms with van der Waals surface area (Å²) in [5, 5.41) is -5.90. The van der Waals surface area contributed by atoms with Gasteiger partial charge in [0.2, 0.25) is 5.91 Å². The van der Waals surface area contributed by atoms with Crippen LogP contribution in [0.4, 0.5) is 8.78 Å². The minimum atomic E-state index is -5.80. The highest BCUT2D eigenvalue weighted by Crippen LogP contribution is 2.61. The fraction of sp³-hybridized carbons (Fsp3) is 0.571. The predicted molar refractivity (Wildman–Crippen MR) is 116 cm³/mol. The number of hydrogen-bond donors (Lipinski definition) is 1. The average molecular weight is 520 g/mol. The van der Waals surface area contributed by atoms with E-state index in [-0.39, 0.29) is 11.5 Å². The van der Waals surface area contributed by atoms with Gasteiger partial charge in [0.15, 0.2) is 6.61 Å². The molecule has 0 saturated carbocycles. The highest BCUT2D eigenvalue weighted by molar-refractivity contribution is 8.01. The Morgan fingerprint density at radius 2 is 1.76 bits per heavy atom. The van der Waals surface area contributed by atoms with E-state index in [0.29, 0.717) is 0 Å². The molecule has 0 radical (unpaired) electrons. The first-order valence-electron chi connectivity index (χ1n) is 10.4. The molecule has 186 valence electrons. The van der Waals surface area contributed by atoms with Gasteiger partial charge in [0, 0.05) is 10.8 Å². The van der Waals surface area contributed by atoms with E-state index in [1.165, 1.54) is 11.8 Å². The van der Waals surface area contributed by atoms with Crippen LogP contribution in [-0.4, -0.2) is 75.8 Å². The second-order valence-corrected chi connectivity index (χ2v) is 12.4. The third-order valence-electron chi connectivity index (χ3n) is 6.23. The molecule has 2 bridgehead atoms. The van der Waals surface area contributed by atoms with E-state index in [4.69, 9.17) is 9.29 Å². The topological polar surface area (TPSA) is 127 Å². The summed E-state index contributed by atoms with van der Waals surface area (Å²) in [4.78, 5) is 40.5. The quantitative estimate of drug-likeness (QED) is 0.443. The lowest BCUT2D eigenvalue weighted by atomic mass is 9.78. The monoisotopic (exact) mass is 519 g/mol. The molecule has 1 N–H and O–H groups in total. The summed E-state index contributed by atoms with van der Waals surface area (Å²) in [6.07, 6.45) is -0.913. The van der Waals surface area contributed by atoms with E-state index in [2.05, 4.69) is 4.74 Å². The number of hydrogen-bond acceptors (Lipinski definition) is 8. The zero-order valence-corrected chi connectivity index (χ0v) is 20.0. The van der Waals surface area contributed by atoms with Crippen LogP contribution in [0.15, 0.2) is 30.3 Å². The van der Waals surface area contributed by atoms with Gasteiger partial charge in [-0.25, -0.2) is 4.79 Å². The lowest BCUT2D eigenvalue weighted by Gasteiger charge is -2.39. The number of carbonyl (C=O) groups is 3. The van der Waals surface area contributed by atoms with Gasteiger partial charge in [-0.15, -0.1) is 11.8 Å². The number of benzene rings is 1. The van der Waals surface area contributed by atoms with E-state index in [1.54, 1.807) is 56.0 Å². The summed E-state index contributed by atoms with van der Waals surface area (Å²) in [6, 6.07) is 7.60. The zero-order valence-electron chi connectivity index (χ0n) is 18.4. The molecule has 13 heteroatoms. The maximum atomic E-state index is 13.6. The largest absolute Gasteiger partial charge is 0.458 e. The number of thioether (sulfide) groups is 1. The van der Waals surface area contributed by atoms with Gasteiger partial charge in [-0.1, -0.05) is 18.2 Å². The van der Waals surface area contributed by atoms with Gasteiger partial charge in [-0.05, 0) is 32.9 Å². The lowest BCUT2D eigenvalue weighted by Crippen LogP contribution is -2.54. The van der Waals surface area contributed by atoms with Crippen molar-refractivity contribution in [1.29, 1.82) is 0 Å². The fourth-order valence-corrected chi connectivity index (χ4v) is 7.18.